The van der Waals surface area contributed by atoms with E-state index in [1.807, 2.05) is 16.7 Å². The first-order valence-electron chi connectivity index (χ1n) is 5.41. The van der Waals surface area contributed by atoms with Crippen LogP contribution in [0.2, 0.25) is 0 Å². The van der Waals surface area contributed by atoms with Gasteiger partial charge in [-0.3, -0.25) is 0 Å². The zero-order valence-corrected chi connectivity index (χ0v) is 9.16. The van der Waals surface area contributed by atoms with Crippen LogP contribution < -0.4 is 0 Å². The summed E-state index contributed by atoms with van der Waals surface area (Å²) in [6, 6.07) is 0.164. The Bertz CT molecular complexity index is 172. The van der Waals surface area contributed by atoms with Crippen LogP contribution in [0.3, 0.4) is 0 Å². The van der Waals surface area contributed by atoms with Crippen LogP contribution in [0.15, 0.2) is 0 Å². The van der Waals surface area contributed by atoms with Crippen molar-refractivity contribution >= 4 is 6.03 Å². The standard InChI is InChI=1S/C10H20N2O2/c1-3-5-11(4-2)10(13)12-6-8-14-9-7-12/h3-9H2,1-2H3. The summed E-state index contributed by atoms with van der Waals surface area (Å²) in [5.74, 6) is 0. The number of amides is 2. The van der Waals surface area contributed by atoms with Crippen molar-refractivity contribution in [2.45, 2.75) is 20.3 Å². The van der Waals surface area contributed by atoms with Gasteiger partial charge in [0.2, 0.25) is 0 Å². The summed E-state index contributed by atoms with van der Waals surface area (Å²) in [5.41, 5.74) is 0. The Labute approximate surface area is 85.8 Å². The molecule has 0 radical (unpaired) electrons. The molecule has 1 aliphatic rings. The molecule has 1 aliphatic heterocycles. The van der Waals surface area contributed by atoms with Gasteiger partial charge in [-0.25, -0.2) is 4.79 Å². The molecular weight excluding hydrogens is 180 g/mol. The first-order valence-corrected chi connectivity index (χ1v) is 5.41. The molecule has 4 heteroatoms. The van der Waals surface area contributed by atoms with Crippen LogP contribution >= 0.6 is 0 Å². The highest BCUT2D eigenvalue weighted by atomic mass is 16.5. The second-order valence-corrected chi connectivity index (χ2v) is 3.46. The Morgan fingerprint density at radius 2 is 2.00 bits per heavy atom. The fourth-order valence-corrected chi connectivity index (χ4v) is 1.61. The SMILES string of the molecule is CCCN(CC)C(=O)N1CCOCC1. The third-order valence-corrected chi connectivity index (χ3v) is 2.43. The fourth-order valence-electron chi connectivity index (χ4n) is 1.61. The molecule has 82 valence electrons. The Morgan fingerprint density at radius 1 is 1.36 bits per heavy atom. The summed E-state index contributed by atoms with van der Waals surface area (Å²) >= 11 is 0. The van der Waals surface area contributed by atoms with Crippen molar-refractivity contribution in [3.63, 3.8) is 0 Å². The molecule has 0 aromatic heterocycles. The number of urea groups is 1. The molecule has 14 heavy (non-hydrogen) atoms. The van der Waals surface area contributed by atoms with Gasteiger partial charge >= 0.3 is 6.03 Å². The van der Waals surface area contributed by atoms with E-state index in [9.17, 15) is 4.79 Å². The number of nitrogens with zero attached hydrogens (tertiary/aromatic N) is 2. The van der Waals surface area contributed by atoms with Gasteiger partial charge in [-0.05, 0) is 13.3 Å². The Hall–Kier alpha value is -0.770. The smallest absolute Gasteiger partial charge is 0.320 e. The molecular formula is C10H20N2O2. The average Bonchev–Trinajstić information content (AvgIpc) is 2.26. The van der Waals surface area contributed by atoms with Gasteiger partial charge in [0.15, 0.2) is 0 Å². The topological polar surface area (TPSA) is 32.8 Å². The highest BCUT2D eigenvalue weighted by molar-refractivity contribution is 5.74. The number of carbonyl (C=O) groups is 1. The van der Waals surface area contributed by atoms with E-state index < -0.39 is 0 Å². The van der Waals surface area contributed by atoms with E-state index in [4.69, 9.17) is 4.74 Å². The predicted octanol–water partition coefficient (Wildman–Crippen LogP) is 1.17. The summed E-state index contributed by atoms with van der Waals surface area (Å²) in [6.45, 7) is 8.59. The number of rotatable bonds is 3. The maximum atomic E-state index is 11.9. The lowest BCUT2D eigenvalue weighted by molar-refractivity contribution is 0.0437. The molecule has 0 saturated carbocycles. The molecule has 0 unspecified atom stereocenters. The Balaban J connectivity index is 2.43. The predicted molar refractivity (Wildman–Crippen MR) is 55.3 cm³/mol. The molecule has 0 aromatic carbocycles. The maximum absolute atomic E-state index is 11.9. The van der Waals surface area contributed by atoms with Gasteiger partial charge in [-0.15, -0.1) is 0 Å². The van der Waals surface area contributed by atoms with E-state index in [-0.39, 0.29) is 6.03 Å². The van der Waals surface area contributed by atoms with Gasteiger partial charge in [-0.1, -0.05) is 6.92 Å². The van der Waals surface area contributed by atoms with Gasteiger partial charge in [0.1, 0.15) is 0 Å². The van der Waals surface area contributed by atoms with Crippen LogP contribution in [0.5, 0.6) is 0 Å². The van der Waals surface area contributed by atoms with E-state index in [1.54, 1.807) is 0 Å². The highest BCUT2D eigenvalue weighted by Crippen LogP contribution is 2.03. The van der Waals surface area contributed by atoms with Crippen molar-refractivity contribution in [2.24, 2.45) is 0 Å². The molecule has 0 bridgehead atoms. The van der Waals surface area contributed by atoms with Crippen LogP contribution in [0.25, 0.3) is 0 Å². The number of carbonyl (C=O) groups excluding carboxylic acids is 1. The monoisotopic (exact) mass is 200 g/mol. The van der Waals surface area contributed by atoms with Gasteiger partial charge < -0.3 is 14.5 Å². The summed E-state index contributed by atoms with van der Waals surface area (Å²) in [5, 5.41) is 0. The van der Waals surface area contributed by atoms with Crippen LogP contribution in [-0.2, 0) is 4.74 Å². The number of morpholine rings is 1. The number of ether oxygens (including phenoxy) is 1. The molecule has 1 fully saturated rings. The van der Waals surface area contributed by atoms with Crippen molar-refractivity contribution in [1.29, 1.82) is 0 Å². The average molecular weight is 200 g/mol. The fraction of sp³-hybridized carbons (Fsp3) is 0.900. The summed E-state index contributed by atoms with van der Waals surface area (Å²) in [4.78, 5) is 15.7. The summed E-state index contributed by atoms with van der Waals surface area (Å²) < 4.78 is 5.21. The van der Waals surface area contributed by atoms with Crippen molar-refractivity contribution in [1.82, 2.24) is 9.80 Å². The van der Waals surface area contributed by atoms with Crippen LogP contribution in [0.4, 0.5) is 4.79 Å². The van der Waals surface area contributed by atoms with Crippen molar-refractivity contribution < 1.29 is 9.53 Å². The normalized spacial score (nSPS) is 16.9. The highest BCUT2D eigenvalue weighted by Gasteiger charge is 2.20. The first kappa shape index (κ1) is 11.3. The molecule has 4 nitrogen and oxygen atoms in total. The molecule has 1 heterocycles. The van der Waals surface area contributed by atoms with E-state index in [2.05, 4.69) is 6.92 Å². The minimum absolute atomic E-state index is 0.164. The van der Waals surface area contributed by atoms with Crippen LogP contribution in [0.1, 0.15) is 20.3 Å². The Kier molecular flexibility index (Phi) is 4.73. The van der Waals surface area contributed by atoms with Gasteiger partial charge in [0.05, 0.1) is 13.2 Å². The Morgan fingerprint density at radius 3 is 2.50 bits per heavy atom. The van der Waals surface area contributed by atoms with E-state index in [1.165, 1.54) is 0 Å². The first-order chi connectivity index (χ1) is 6.79. The van der Waals surface area contributed by atoms with Gasteiger partial charge in [0.25, 0.3) is 0 Å². The molecule has 1 saturated heterocycles. The van der Waals surface area contributed by atoms with E-state index >= 15 is 0 Å². The van der Waals surface area contributed by atoms with Crippen LogP contribution in [-0.4, -0.2) is 55.2 Å². The zero-order chi connectivity index (χ0) is 10.4. The quantitative estimate of drug-likeness (QED) is 0.685. The number of hydrogen-bond donors (Lipinski definition) is 0. The van der Waals surface area contributed by atoms with E-state index in [0.29, 0.717) is 13.2 Å². The van der Waals surface area contributed by atoms with Gasteiger partial charge in [0, 0.05) is 26.2 Å². The molecule has 0 aliphatic carbocycles. The third kappa shape index (κ3) is 2.87. The summed E-state index contributed by atoms with van der Waals surface area (Å²) in [7, 11) is 0. The minimum Gasteiger partial charge on any atom is -0.378 e. The van der Waals surface area contributed by atoms with Crippen LogP contribution in [0, 0.1) is 0 Å². The van der Waals surface area contributed by atoms with Crippen molar-refractivity contribution in [2.75, 3.05) is 39.4 Å². The zero-order valence-electron chi connectivity index (χ0n) is 9.16. The molecule has 0 N–H and O–H groups in total. The molecule has 0 atom stereocenters. The van der Waals surface area contributed by atoms with Crippen molar-refractivity contribution in [3.05, 3.63) is 0 Å². The molecule has 1 rings (SSSR count). The number of hydrogen-bond acceptors (Lipinski definition) is 2. The van der Waals surface area contributed by atoms with Gasteiger partial charge in [-0.2, -0.15) is 0 Å². The van der Waals surface area contributed by atoms with E-state index in [0.717, 1.165) is 32.6 Å². The minimum atomic E-state index is 0.164. The maximum Gasteiger partial charge on any atom is 0.320 e. The lowest BCUT2D eigenvalue weighted by atomic mass is 10.4. The summed E-state index contributed by atoms with van der Waals surface area (Å²) in [6.07, 6.45) is 1.02. The lowest BCUT2D eigenvalue weighted by Gasteiger charge is -2.32. The molecule has 0 aromatic rings. The molecule has 2 amide bonds. The second-order valence-electron chi connectivity index (χ2n) is 3.46. The largest absolute Gasteiger partial charge is 0.378 e. The second kappa shape index (κ2) is 5.86. The lowest BCUT2D eigenvalue weighted by Crippen LogP contribution is -2.48. The third-order valence-electron chi connectivity index (χ3n) is 2.43. The molecule has 0 spiro atoms. The van der Waals surface area contributed by atoms with Crippen molar-refractivity contribution in [3.8, 4) is 0 Å².